The van der Waals surface area contributed by atoms with E-state index in [1.54, 1.807) is 0 Å². The summed E-state index contributed by atoms with van der Waals surface area (Å²) in [6.07, 6.45) is 6.37. The summed E-state index contributed by atoms with van der Waals surface area (Å²) >= 11 is 0. The first kappa shape index (κ1) is 36.4. The molecule has 0 saturated carbocycles. The van der Waals surface area contributed by atoms with Crippen LogP contribution in [0.5, 0.6) is 0 Å². The lowest BCUT2D eigenvalue weighted by Crippen LogP contribution is -2.06. The minimum absolute atomic E-state index is 0.306. The van der Waals surface area contributed by atoms with Crippen LogP contribution in [0.25, 0.3) is 32.7 Å². The quantitative estimate of drug-likeness (QED) is 0.0932. The van der Waals surface area contributed by atoms with Crippen molar-refractivity contribution in [1.82, 2.24) is 0 Å². The summed E-state index contributed by atoms with van der Waals surface area (Å²) in [5.41, 5.74) is 12.2. The fourth-order valence-electron chi connectivity index (χ4n) is 7.82. The van der Waals surface area contributed by atoms with E-state index in [0.717, 1.165) is 19.3 Å². The Bertz CT molecular complexity index is 2420. The first-order chi connectivity index (χ1) is 26.6. The Kier molecular flexibility index (Phi) is 11.9. The van der Waals surface area contributed by atoms with Crippen molar-refractivity contribution in [3.8, 4) is 11.1 Å². The number of allylic oxidation sites excluding steroid dienone is 1. The zero-order chi connectivity index (χ0) is 37.1. The molecular formula is C54H50. The number of hydrogen-bond donors (Lipinski definition) is 0. The molecule has 2 atom stereocenters. The van der Waals surface area contributed by atoms with Gasteiger partial charge < -0.3 is 0 Å². The van der Waals surface area contributed by atoms with Gasteiger partial charge in [0.2, 0.25) is 0 Å². The maximum Gasteiger partial charge on any atom is 0.0136 e. The van der Waals surface area contributed by atoms with Gasteiger partial charge in [0, 0.05) is 11.8 Å². The van der Waals surface area contributed by atoms with Crippen LogP contribution in [0.2, 0.25) is 0 Å². The Balaban J connectivity index is 0.000000175. The van der Waals surface area contributed by atoms with Gasteiger partial charge in [-0.3, -0.25) is 0 Å². The fraction of sp³-hybridized carbons (Fsp3) is 0.148. The molecule has 0 aliphatic rings. The van der Waals surface area contributed by atoms with Crippen LogP contribution in [0.4, 0.5) is 0 Å². The molecule has 0 aromatic heterocycles. The molecule has 8 aromatic rings. The molecule has 0 aliphatic carbocycles. The van der Waals surface area contributed by atoms with E-state index in [4.69, 9.17) is 0 Å². The van der Waals surface area contributed by atoms with Gasteiger partial charge in [-0.25, -0.2) is 0 Å². The van der Waals surface area contributed by atoms with E-state index >= 15 is 0 Å². The Morgan fingerprint density at radius 2 is 1.07 bits per heavy atom. The lowest BCUT2D eigenvalue weighted by Gasteiger charge is -2.21. The van der Waals surface area contributed by atoms with Gasteiger partial charge in [0.15, 0.2) is 0 Å². The average molecular weight is 699 g/mol. The van der Waals surface area contributed by atoms with Crippen molar-refractivity contribution in [3.05, 3.63) is 240 Å². The first-order valence-electron chi connectivity index (χ1n) is 19.4. The van der Waals surface area contributed by atoms with Gasteiger partial charge in [0.05, 0.1) is 0 Å². The van der Waals surface area contributed by atoms with E-state index in [1.165, 1.54) is 78.0 Å². The van der Waals surface area contributed by atoms with Crippen LogP contribution in [0, 0.1) is 6.92 Å². The Morgan fingerprint density at radius 3 is 1.76 bits per heavy atom. The van der Waals surface area contributed by atoms with E-state index < -0.39 is 0 Å². The van der Waals surface area contributed by atoms with Crippen LogP contribution >= 0.6 is 0 Å². The third kappa shape index (κ3) is 8.79. The Morgan fingerprint density at radius 1 is 0.500 bits per heavy atom. The number of benzene rings is 8. The Labute approximate surface area is 322 Å². The van der Waals surface area contributed by atoms with Crippen molar-refractivity contribution in [2.75, 3.05) is 0 Å². The summed E-state index contributed by atoms with van der Waals surface area (Å²) in [6, 6.07) is 68.5. The number of aryl methyl sites for hydroxylation is 2. The molecule has 0 amide bonds. The summed E-state index contributed by atoms with van der Waals surface area (Å²) in [5.74, 6) is 0.711. The molecule has 0 heterocycles. The molecule has 0 aliphatic heterocycles. The van der Waals surface area contributed by atoms with Gasteiger partial charge in [-0.2, -0.15) is 0 Å². The molecular weight excluding hydrogens is 649 g/mol. The third-order valence-corrected chi connectivity index (χ3v) is 10.8. The summed E-state index contributed by atoms with van der Waals surface area (Å²) in [6.45, 7) is 8.24. The molecule has 0 nitrogen and oxygen atoms in total. The lowest BCUT2D eigenvalue weighted by molar-refractivity contribution is 0.812. The molecule has 0 heteroatoms. The summed E-state index contributed by atoms with van der Waals surface area (Å²) in [7, 11) is 0. The van der Waals surface area contributed by atoms with E-state index in [-0.39, 0.29) is 0 Å². The molecule has 266 valence electrons. The van der Waals surface area contributed by atoms with Gasteiger partial charge in [-0.1, -0.05) is 207 Å². The van der Waals surface area contributed by atoms with Gasteiger partial charge >= 0.3 is 0 Å². The largest absolute Gasteiger partial charge is 0.103 e. The highest BCUT2D eigenvalue weighted by Gasteiger charge is 2.18. The normalized spacial score (nSPS) is 12.1. The molecule has 0 radical (unpaired) electrons. The first-order valence-corrected chi connectivity index (χ1v) is 19.4. The van der Waals surface area contributed by atoms with Crippen molar-refractivity contribution >= 4 is 21.5 Å². The predicted octanol–water partition coefficient (Wildman–Crippen LogP) is 14.7. The number of fused-ring (bicyclic) bond motifs is 2. The second kappa shape index (κ2) is 17.7. The highest BCUT2D eigenvalue weighted by atomic mass is 14.2. The topological polar surface area (TPSA) is 0 Å². The van der Waals surface area contributed by atoms with Gasteiger partial charge in [0.1, 0.15) is 0 Å². The third-order valence-electron chi connectivity index (χ3n) is 10.8. The molecule has 0 saturated heterocycles. The summed E-state index contributed by atoms with van der Waals surface area (Å²) in [5, 5.41) is 5.32. The van der Waals surface area contributed by atoms with E-state index in [1.807, 2.05) is 6.08 Å². The van der Waals surface area contributed by atoms with Crippen LogP contribution < -0.4 is 0 Å². The zero-order valence-corrected chi connectivity index (χ0v) is 31.7. The van der Waals surface area contributed by atoms with Crippen LogP contribution in [-0.2, 0) is 12.8 Å². The zero-order valence-electron chi connectivity index (χ0n) is 31.7. The number of hydrogen-bond acceptors (Lipinski definition) is 0. The van der Waals surface area contributed by atoms with Crippen molar-refractivity contribution in [1.29, 1.82) is 0 Å². The van der Waals surface area contributed by atoms with Crippen LogP contribution in [0.15, 0.2) is 201 Å². The number of unbranched alkanes of at least 4 members (excludes halogenated alkanes) is 1. The molecule has 0 spiro atoms. The van der Waals surface area contributed by atoms with Gasteiger partial charge in [0.25, 0.3) is 0 Å². The highest BCUT2D eigenvalue weighted by molar-refractivity contribution is 5.87. The molecule has 0 bridgehead atoms. The smallest absolute Gasteiger partial charge is 0.0136 e. The molecule has 8 aromatic carbocycles. The van der Waals surface area contributed by atoms with Gasteiger partial charge in [-0.05, 0) is 98.7 Å². The monoisotopic (exact) mass is 698 g/mol. The van der Waals surface area contributed by atoms with Crippen molar-refractivity contribution < 1.29 is 0 Å². The van der Waals surface area contributed by atoms with Crippen molar-refractivity contribution in [2.24, 2.45) is 0 Å². The predicted molar refractivity (Wildman–Crippen MR) is 234 cm³/mol. The second-order valence-corrected chi connectivity index (χ2v) is 14.5. The number of rotatable bonds is 11. The Hall–Kier alpha value is -5.98. The SMILES string of the molecule is C=CCCCc1ccc(C(C)c2cccc3ccccc23)cc1.Cc1cccc(-c2cccc(CC(c3ccccc3)c3cccc4ccccc34)c2)c1. The van der Waals surface area contributed by atoms with E-state index in [2.05, 4.69) is 208 Å². The second-order valence-electron chi connectivity index (χ2n) is 14.5. The fourth-order valence-corrected chi connectivity index (χ4v) is 7.82. The minimum Gasteiger partial charge on any atom is -0.103 e. The lowest BCUT2D eigenvalue weighted by atomic mass is 9.83. The summed E-state index contributed by atoms with van der Waals surface area (Å²) in [4.78, 5) is 0. The molecule has 54 heavy (non-hydrogen) atoms. The van der Waals surface area contributed by atoms with Crippen LogP contribution in [0.1, 0.15) is 70.5 Å². The maximum absolute atomic E-state index is 3.79. The highest BCUT2D eigenvalue weighted by Crippen LogP contribution is 2.35. The summed E-state index contributed by atoms with van der Waals surface area (Å²) < 4.78 is 0. The molecule has 0 N–H and O–H groups in total. The molecule has 8 rings (SSSR count). The van der Waals surface area contributed by atoms with Crippen LogP contribution in [0.3, 0.4) is 0 Å². The average Bonchev–Trinajstić information content (AvgIpc) is 3.23. The van der Waals surface area contributed by atoms with E-state index in [9.17, 15) is 0 Å². The van der Waals surface area contributed by atoms with Crippen LogP contribution in [-0.4, -0.2) is 0 Å². The standard InChI is InChI=1S/C31H26.C23H24/c1-23-10-7-16-27(20-23)28-17-8-11-24(21-28)22-31(26-12-3-2-4-13-26)30-19-9-15-25-14-5-6-18-29(25)30;1-3-4-5-9-19-14-16-20(17-15-19)18(2)22-13-8-11-21-10-6-7-12-23(21)22/h2-21,31H,22H2,1H3;3,6-8,10-18H,1,4-5,9H2,2H3. The van der Waals surface area contributed by atoms with Crippen molar-refractivity contribution in [3.63, 3.8) is 0 Å². The van der Waals surface area contributed by atoms with Gasteiger partial charge in [-0.15, -0.1) is 6.58 Å². The molecule has 0 fully saturated rings. The molecule has 2 unspecified atom stereocenters. The maximum atomic E-state index is 3.79. The van der Waals surface area contributed by atoms with Crippen molar-refractivity contribution in [2.45, 2.75) is 51.4 Å². The minimum atomic E-state index is 0.306. The van der Waals surface area contributed by atoms with E-state index in [0.29, 0.717) is 11.8 Å².